The smallest absolute Gasteiger partial charge is 0.123 e. The van der Waals surface area contributed by atoms with Crippen LogP contribution in [0.2, 0.25) is 0 Å². The fourth-order valence-electron chi connectivity index (χ4n) is 1.98. The van der Waals surface area contributed by atoms with Gasteiger partial charge in [0.15, 0.2) is 0 Å². The van der Waals surface area contributed by atoms with Crippen LogP contribution in [0.4, 0.5) is 4.39 Å². The Kier molecular flexibility index (Phi) is 6.29. The third-order valence-electron chi connectivity index (χ3n) is 3.23. The first kappa shape index (κ1) is 14.8. The van der Waals surface area contributed by atoms with Crippen LogP contribution in [0.1, 0.15) is 38.2 Å². The van der Waals surface area contributed by atoms with Crippen LogP contribution in [0.3, 0.4) is 0 Å². The Balaban J connectivity index is 2.85. The first-order chi connectivity index (χ1) is 8.18. The molecule has 0 atom stereocenters. The quantitative estimate of drug-likeness (QED) is 0.479. The van der Waals surface area contributed by atoms with Crippen molar-refractivity contribution in [2.75, 3.05) is 11.8 Å². The highest BCUT2D eigenvalue weighted by Crippen LogP contribution is 2.33. The monoisotopic (exact) mass is 276 g/mol. The van der Waals surface area contributed by atoms with Crippen LogP contribution in [0, 0.1) is 5.82 Å². The number of halogens is 3. The minimum absolute atomic E-state index is 0.216. The summed E-state index contributed by atoms with van der Waals surface area (Å²) < 4.78 is 12.9. The molecule has 3 heteroatoms. The third-order valence-corrected chi connectivity index (χ3v) is 4.25. The van der Waals surface area contributed by atoms with E-state index in [1.54, 1.807) is 12.1 Å². The van der Waals surface area contributed by atoms with Gasteiger partial charge in [0, 0.05) is 17.2 Å². The fourth-order valence-corrected chi connectivity index (χ4v) is 2.85. The molecule has 1 rings (SSSR count). The van der Waals surface area contributed by atoms with Gasteiger partial charge in [-0.05, 0) is 24.1 Å². The van der Waals surface area contributed by atoms with Crippen LogP contribution in [-0.4, -0.2) is 11.8 Å². The summed E-state index contributed by atoms with van der Waals surface area (Å²) in [5, 5.41) is 0. The summed E-state index contributed by atoms with van der Waals surface area (Å²) in [7, 11) is 0. The molecule has 17 heavy (non-hydrogen) atoms. The van der Waals surface area contributed by atoms with Crippen LogP contribution >= 0.6 is 23.2 Å². The predicted molar refractivity (Wildman–Crippen MR) is 73.7 cm³/mol. The molecule has 0 spiro atoms. The molecular weight excluding hydrogens is 258 g/mol. The minimum Gasteiger partial charge on any atom is -0.207 e. The maximum absolute atomic E-state index is 12.9. The Morgan fingerprint density at radius 1 is 1.06 bits per heavy atom. The number of hydrogen-bond donors (Lipinski definition) is 0. The van der Waals surface area contributed by atoms with Crippen molar-refractivity contribution in [1.82, 2.24) is 0 Å². The van der Waals surface area contributed by atoms with Gasteiger partial charge in [-0.1, -0.05) is 38.3 Å². The Morgan fingerprint density at radius 2 is 1.65 bits per heavy atom. The molecule has 0 N–H and O–H groups in total. The molecule has 0 nitrogen and oxygen atoms in total. The highest BCUT2D eigenvalue weighted by Gasteiger charge is 2.29. The van der Waals surface area contributed by atoms with Gasteiger partial charge in [-0.3, -0.25) is 0 Å². The molecular formula is C14H19Cl2F. The Labute approximate surface area is 113 Å². The molecule has 0 aliphatic carbocycles. The summed E-state index contributed by atoms with van der Waals surface area (Å²) in [5.74, 6) is 0.734. The second kappa shape index (κ2) is 7.23. The molecule has 0 aromatic heterocycles. The van der Waals surface area contributed by atoms with Crippen molar-refractivity contribution in [3.63, 3.8) is 0 Å². The highest BCUT2D eigenvalue weighted by atomic mass is 35.5. The van der Waals surface area contributed by atoms with E-state index in [1.807, 2.05) is 0 Å². The summed E-state index contributed by atoms with van der Waals surface area (Å²) >= 11 is 12.2. The standard InChI is InChI=1S/C14H19Cl2F/c1-2-3-4-9-14(10-15,11-16)12-5-7-13(17)8-6-12/h5-8H,2-4,9-11H2,1H3. The lowest BCUT2D eigenvalue weighted by Crippen LogP contribution is -2.30. The minimum atomic E-state index is -0.222. The Hall–Kier alpha value is -0.270. The molecule has 0 amide bonds. The molecule has 0 fully saturated rings. The van der Waals surface area contributed by atoms with E-state index >= 15 is 0 Å². The average Bonchev–Trinajstić information content (AvgIpc) is 2.37. The van der Waals surface area contributed by atoms with Gasteiger partial charge in [-0.25, -0.2) is 4.39 Å². The van der Waals surface area contributed by atoms with E-state index in [-0.39, 0.29) is 11.2 Å². The van der Waals surface area contributed by atoms with Crippen molar-refractivity contribution in [3.8, 4) is 0 Å². The molecule has 1 aromatic carbocycles. The summed E-state index contributed by atoms with van der Waals surface area (Å²) in [5.41, 5.74) is 0.825. The number of hydrogen-bond acceptors (Lipinski definition) is 0. The lowest BCUT2D eigenvalue weighted by molar-refractivity contribution is 0.460. The van der Waals surface area contributed by atoms with Gasteiger partial charge in [0.1, 0.15) is 5.82 Å². The summed E-state index contributed by atoms with van der Waals surface area (Å²) in [4.78, 5) is 0. The van der Waals surface area contributed by atoms with E-state index in [4.69, 9.17) is 23.2 Å². The predicted octanol–water partition coefficient (Wildman–Crippen LogP) is 5.12. The van der Waals surface area contributed by atoms with Gasteiger partial charge in [0.25, 0.3) is 0 Å². The van der Waals surface area contributed by atoms with Crippen molar-refractivity contribution in [2.45, 2.75) is 38.0 Å². The highest BCUT2D eigenvalue weighted by molar-refractivity contribution is 6.22. The van der Waals surface area contributed by atoms with Crippen LogP contribution in [0.5, 0.6) is 0 Å². The zero-order chi connectivity index (χ0) is 12.7. The molecule has 0 unspecified atom stereocenters. The van der Waals surface area contributed by atoms with Crippen molar-refractivity contribution >= 4 is 23.2 Å². The molecule has 0 radical (unpaired) electrons. The van der Waals surface area contributed by atoms with Gasteiger partial charge in [0.2, 0.25) is 0 Å². The second-order valence-electron chi connectivity index (χ2n) is 4.51. The summed E-state index contributed by atoms with van der Waals surface area (Å²) in [6.45, 7) is 2.17. The van der Waals surface area contributed by atoms with Gasteiger partial charge in [0.05, 0.1) is 0 Å². The summed E-state index contributed by atoms with van der Waals surface area (Å²) in [6.07, 6.45) is 4.41. The second-order valence-corrected chi connectivity index (χ2v) is 5.05. The fraction of sp³-hybridized carbons (Fsp3) is 0.571. The lowest BCUT2D eigenvalue weighted by Gasteiger charge is -2.30. The summed E-state index contributed by atoms with van der Waals surface area (Å²) in [6, 6.07) is 6.55. The molecule has 0 saturated heterocycles. The molecule has 0 aliphatic heterocycles. The van der Waals surface area contributed by atoms with Crippen molar-refractivity contribution in [3.05, 3.63) is 35.6 Å². The first-order valence-electron chi connectivity index (χ1n) is 6.06. The van der Waals surface area contributed by atoms with E-state index in [0.717, 1.165) is 18.4 Å². The molecule has 96 valence electrons. The number of unbranched alkanes of at least 4 members (excludes halogenated alkanes) is 2. The van der Waals surface area contributed by atoms with Crippen LogP contribution < -0.4 is 0 Å². The van der Waals surface area contributed by atoms with Crippen molar-refractivity contribution in [2.24, 2.45) is 0 Å². The largest absolute Gasteiger partial charge is 0.207 e. The van der Waals surface area contributed by atoms with Crippen LogP contribution in [-0.2, 0) is 5.41 Å². The van der Waals surface area contributed by atoms with Crippen LogP contribution in [0.15, 0.2) is 24.3 Å². The normalized spacial score (nSPS) is 11.8. The van der Waals surface area contributed by atoms with Gasteiger partial charge in [-0.15, -0.1) is 23.2 Å². The van der Waals surface area contributed by atoms with Gasteiger partial charge < -0.3 is 0 Å². The SMILES string of the molecule is CCCCCC(CCl)(CCl)c1ccc(F)cc1. The zero-order valence-corrected chi connectivity index (χ0v) is 11.7. The van der Waals surface area contributed by atoms with Crippen LogP contribution in [0.25, 0.3) is 0 Å². The molecule has 0 heterocycles. The van der Waals surface area contributed by atoms with Gasteiger partial charge in [-0.2, -0.15) is 0 Å². The molecule has 0 aliphatic rings. The average molecular weight is 277 g/mol. The molecule has 1 aromatic rings. The lowest BCUT2D eigenvalue weighted by atomic mass is 9.79. The molecule has 0 bridgehead atoms. The third kappa shape index (κ3) is 3.86. The maximum atomic E-state index is 12.9. The van der Waals surface area contributed by atoms with E-state index in [0.29, 0.717) is 11.8 Å². The number of benzene rings is 1. The number of alkyl halides is 2. The van der Waals surface area contributed by atoms with Gasteiger partial charge >= 0.3 is 0 Å². The van der Waals surface area contributed by atoms with Crippen molar-refractivity contribution in [1.29, 1.82) is 0 Å². The zero-order valence-electron chi connectivity index (χ0n) is 10.2. The van der Waals surface area contributed by atoms with E-state index in [2.05, 4.69) is 6.92 Å². The van der Waals surface area contributed by atoms with E-state index in [1.165, 1.54) is 25.0 Å². The molecule has 0 saturated carbocycles. The topological polar surface area (TPSA) is 0 Å². The first-order valence-corrected chi connectivity index (χ1v) is 7.13. The number of rotatable bonds is 7. The van der Waals surface area contributed by atoms with E-state index in [9.17, 15) is 4.39 Å². The van der Waals surface area contributed by atoms with E-state index < -0.39 is 0 Å². The van der Waals surface area contributed by atoms with Crippen molar-refractivity contribution < 1.29 is 4.39 Å². The maximum Gasteiger partial charge on any atom is 0.123 e. The Morgan fingerprint density at radius 3 is 2.12 bits per heavy atom. The Bertz CT molecular complexity index is 317.